The van der Waals surface area contributed by atoms with Crippen LogP contribution in [0.1, 0.15) is 17.5 Å². The molecular weight excluding hydrogens is 496 g/mol. The van der Waals surface area contributed by atoms with Crippen LogP contribution in [-0.2, 0) is 22.3 Å². The Hall–Kier alpha value is -4.09. The molecule has 1 N–H and O–H groups in total. The second-order valence-electron chi connectivity index (χ2n) is 8.19. The molecular formula is C25H26F4N4O4. The summed E-state index contributed by atoms with van der Waals surface area (Å²) in [5.41, 5.74) is 0.372. The zero-order chi connectivity index (χ0) is 27.0. The van der Waals surface area contributed by atoms with E-state index in [-0.39, 0.29) is 56.0 Å². The van der Waals surface area contributed by atoms with Gasteiger partial charge in [0.15, 0.2) is 11.6 Å². The number of aromatic nitrogens is 2. The summed E-state index contributed by atoms with van der Waals surface area (Å²) in [6.45, 7) is 1.93. The Labute approximate surface area is 210 Å². The molecule has 0 aliphatic heterocycles. The fraction of sp³-hybridized carbons (Fsp3) is 0.320. The van der Waals surface area contributed by atoms with E-state index in [0.29, 0.717) is 5.69 Å². The Morgan fingerprint density at radius 3 is 2.49 bits per heavy atom. The smallest absolute Gasteiger partial charge is 0.416 e. The van der Waals surface area contributed by atoms with Crippen molar-refractivity contribution in [1.29, 1.82) is 0 Å². The number of rotatable bonds is 11. The number of nitrogens with zero attached hydrogens (tertiary/aromatic N) is 3. The van der Waals surface area contributed by atoms with Crippen molar-refractivity contribution in [3.8, 4) is 11.5 Å². The van der Waals surface area contributed by atoms with Gasteiger partial charge in [0.05, 0.1) is 37.0 Å². The Morgan fingerprint density at radius 1 is 1.08 bits per heavy atom. The average molecular weight is 522 g/mol. The van der Waals surface area contributed by atoms with Gasteiger partial charge in [0.1, 0.15) is 18.9 Å². The van der Waals surface area contributed by atoms with Crippen molar-refractivity contribution in [3.63, 3.8) is 0 Å². The van der Waals surface area contributed by atoms with Crippen molar-refractivity contribution in [1.82, 2.24) is 14.7 Å². The van der Waals surface area contributed by atoms with E-state index in [0.717, 1.165) is 17.7 Å². The quantitative estimate of drug-likeness (QED) is 0.380. The Balaban J connectivity index is 1.37. The maximum absolute atomic E-state index is 13.8. The lowest BCUT2D eigenvalue weighted by Crippen LogP contribution is -2.33. The summed E-state index contributed by atoms with van der Waals surface area (Å²) in [7, 11) is 1.56. The van der Waals surface area contributed by atoms with Gasteiger partial charge in [-0.1, -0.05) is 6.07 Å². The highest BCUT2D eigenvalue weighted by Crippen LogP contribution is 2.30. The average Bonchev–Trinajstić information content (AvgIpc) is 3.26. The van der Waals surface area contributed by atoms with Gasteiger partial charge in [0.2, 0.25) is 11.8 Å². The highest BCUT2D eigenvalue weighted by Gasteiger charge is 2.30. The van der Waals surface area contributed by atoms with Crippen molar-refractivity contribution in [2.75, 3.05) is 32.1 Å². The van der Waals surface area contributed by atoms with E-state index in [1.54, 1.807) is 20.0 Å². The fourth-order valence-electron chi connectivity index (χ4n) is 3.14. The van der Waals surface area contributed by atoms with Crippen molar-refractivity contribution >= 4 is 17.5 Å². The second kappa shape index (κ2) is 12.2. The molecule has 3 aromatic rings. The minimum absolute atomic E-state index is 0.0148. The normalized spacial score (nSPS) is 11.2. The van der Waals surface area contributed by atoms with E-state index in [1.807, 2.05) is 0 Å². The Kier molecular flexibility index (Phi) is 9.10. The van der Waals surface area contributed by atoms with Gasteiger partial charge in [0, 0.05) is 13.2 Å². The molecule has 2 aromatic carbocycles. The summed E-state index contributed by atoms with van der Waals surface area (Å²) in [5, 5.41) is 6.67. The number of amides is 2. The highest BCUT2D eigenvalue weighted by atomic mass is 19.4. The molecule has 2 amide bonds. The molecule has 0 radical (unpaired) electrons. The lowest BCUT2D eigenvalue weighted by Gasteiger charge is -2.17. The minimum Gasteiger partial charge on any atom is -0.492 e. The van der Waals surface area contributed by atoms with Crippen LogP contribution in [-0.4, -0.2) is 53.3 Å². The van der Waals surface area contributed by atoms with Crippen LogP contribution in [0.2, 0.25) is 0 Å². The monoisotopic (exact) mass is 522 g/mol. The van der Waals surface area contributed by atoms with Crippen molar-refractivity contribution < 1.29 is 36.6 Å². The third kappa shape index (κ3) is 8.51. The standard InChI is InChI=1S/C25H26F4N4O4/c1-17-3-8-22(21(26)13-17)37-11-9-23(34)31-19-14-30-33(15-19)16-24(35)32(2)10-12-36-20-6-4-18(5-7-20)25(27,28)29/h3-8,13-15H,9-12,16H2,1-2H3,(H,31,34). The van der Waals surface area contributed by atoms with E-state index in [4.69, 9.17) is 9.47 Å². The second-order valence-corrected chi connectivity index (χ2v) is 8.19. The van der Waals surface area contributed by atoms with Crippen molar-refractivity contribution in [3.05, 3.63) is 71.8 Å². The maximum atomic E-state index is 13.8. The minimum atomic E-state index is -4.42. The molecule has 0 aliphatic rings. The van der Waals surface area contributed by atoms with Gasteiger partial charge in [-0.05, 0) is 48.9 Å². The third-order valence-corrected chi connectivity index (χ3v) is 5.19. The summed E-state index contributed by atoms with van der Waals surface area (Å²) < 4.78 is 63.7. The number of carbonyl (C=O) groups excluding carboxylic acids is 2. The molecule has 3 rings (SSSR count). The Bertz CT molecular complexity index is 1210. The molecule has 0 spiro atoms. The summed E-state index contributed by atoms with van der Waals surface area (Å²) >= 11 is 0. The van der Waals surface area contributed by atoms with E-state index >= 15 is 0 Å². The number of likely N-dealkylation sites (N-methyl/N-ethyl adjacent to an activating group) is 1. The molecule has 0 atom stereocenters. The number of nitrogens with one attached hydrogen (secondary N) is 1. The predicted molar refractivity (Wildman–Crippen MR) is 127 cm³/mol. The molecule has 0 fully saturated rings. The van der Waals surface area contributed by atoms with Gasteiger partial charge in [-0.2, -0.15) is 18.3 Å². The first kappa shape index (κ1) is 27.5. The molecule has 1 aromatic heterocycles. The topological polar surface area (TPSA) is 85.7 Å². The number of halogens is 4. The number of aryl methyl sites for hydroxylation is 1. The zero-order valence-electron chi connectivity index (χ0n) is 20.2. The van der Waals surface area contributed by atoms with E-state index in [1.165, 1.54) is 46.2 Å². The van der Waals surface area contributed by atoms with Gasteiger partial charge in [-0.25, -0.2) is 4.39 Å². The number of carbonyl (C=O) groups is 2. The van der Waals surface area contributed by atoms with Crippen LogP contribution >= 0.6 is 0 Å². The third-order valence-electron chi connectivity index (χ3n) is 5.19. The lowest BCUT2D eigenvalue weighted by atomic mass is 10.2. The number of hydrogen-bond acceptors (Lipinski definition) is 5. The Morgan fingerprint density at radius 2 is 1.81 bits per heavy atom. The van der Waals surface area contributed by atoms with Crippen LogP contribution in [0.15, 0.2) is 54.9 Å². The van der Waals surface area contributed by atoms with Crippen molar-refractivity contribution in [2.45, 2.75) is 26.1 Å². The predicted octanol–water partition coefficient (Wildman–Crippen LogP) is 4.29. The molecule has 12 heteroatoms. The number of anilines is 1. The molecule has 0 unspecified atom stereocenters. The molecule has 0 saturated heterocycles. The number of alkyl halides is 3. The number of hydrogen-bond donors (Lipinski definition) is 1. The molecule has 0 aliphatic carbocycles. The van der Waals surface area contributed by atoms with Crippen LogP contribution in [0.4, 0.5) is 23.2 Å². The van der Waals surface area contributed by atoms with Crippen LogP contribution in [0.3, 0.4) is 0 Å². The van der Waals surface area contributed by atoms with Gasteiger partial charge < -0.3 is 19.7 Å². The van der Waals surface area contributed by atoms with Crippen LogP contribution < -0.4 is 14.8 Å². The maximum Gasteiger partial charge on any atom is 0.416 e. The largest absolute Gasteiger partial charge is 0.492 e. The molecule has 198 valence electrons. The summed E-state index contributed by atoms with van der Waals surface area (Å²) in [4.78, 5) is 25.9. The zero-order valence-corrected chi connectivity index (χ0v) is 20.2. The van der Waals surface area contributed by atoms with E-state index < -0.39 is 17.6 Å². The van der Waals surface area contributed by atoms with Crippen LogP contribution in [0.5, 0.6) is 11.5 Å². The van der Waals surface area contributed by atoms with Crippen LogP contribution in [0, 0.1) is 12.7 Å². The first-order valence-electron chi connectivity index (χ1n) is 11.3. The van der Waals surface area contributed by atoms with Gasteiger partial charge in [-0.3, -0.25) is 14.3 Å². The molecule has 1 heterocycles. The first-order chi connectivity index (χ1) is 17.5. The van der Waals surface area contributed by atoms with Gasteiger partial charge in [-0.15, -0.1) is 0 Å². The lowest BCUT2D eigenvalue weighted by molar-refractivity contribution is -0.137. The number of benzene rings is 2. The highest BCUT2D eigenvalue weighted by molar-refractivity contribution is 5.90. The summed E-state index contributed by atoms with van der Waals surface area (Å²) in [6, 6.07) is 8.84. The summed E-state index contributed by atoms with van der Waals surface area (Å²) in [6.07, 6.45) is -1.56. The first-order valence-corrected chi connectivity index (χ1v) is 11.3. The van der Waals surface area contributed by atoms with Crippen LogP contribution in [0.25, 0.3) is 0 Å². The van der Waals surface area contributed by atoms with Gasteiger partial charge in [0.25, 0.3) is 0 Å². The molecule has 0 saturated carbocycles. The molecule has 37 heavy (non-hydrogen) atoms. The molecule has 0 bridgehead atoms. The number of ether oxygens (including phenoxy) is 2. The fourth-order valence-corrected chi connectivity index (χ4v) is 3.14. The summed E-state index contributed by atoms with van der Waals surface area (Å²) in [5.74, 6) is -0.821. The van der Waals surface area contributed by atoms with Gasteiger partial charge >= 0.3 is 6.18 Å². The van der Waals surface area contributed by atoms with Crippen molar-refractivity contribution in [2.24, 2.45) is 0 Å². The SMILES string of the molecule is Cc1ccc(OCCC(=O)Nc2cnn(CC(=O)N(C)CCOc3ccc(C(F)(F)F)cc3)c2)c(F)c1. The van der Waals surface area contributed by atoms with E-state index in [9.17, 15) is 27.2 Å². The van der Waals surface area contributed by atoms with E-state index in [2.05, 4.69) is 10.4 Å². The molecule has 8 nitrogen and oxygen atoms in total.